The fraction of sp³-hybridized carbons (Fsp3) is 0.714. The number of carbonyl (C=O) groups excluding carboxylic acids is 2. The van der Waals surface area contributed by atoms with Crippen LogP contribution in [0.25, 0.3) is 0 Å². The molecule has 0 spiro atoms. The lowest BCUT2D eigenvalue weighted by molar-refractivity contribution is -0.129. The van der Waals surface area contributed by atoms with Crippen molar-refractivity contribution in [1.29, 1.82) is 0 Å². The molecule has 3 heterocycles. The third-order valence-electron chi connectivity index (χ3n) is 6.71. The van der Waals surface area contributed by atoms with E-state index < -0.39 is 0 Å². The van der Waals surface area contributed by atoms with Gasteiger partial charge in [0, 0.05) is 42.9 Å². The summed E-state index contributed by atoms with van der Waals surface area (Å²) in [5, 5.41) is 2.07. The van der Waals surface area contributed by atoms with E-state index in [1.54, 1.807) is 18.3 Å². The van der Waals surface area contributed by atoms with Crippen LogP contribution in [-0.2, 0) is 4.79 Å². The number of nitrogens with zero attached hydrogens (tertiary/aromatic N) is 2. The van der Waals surface area contributed by atoms with Gasteiger partial charge in [0.15, 0.2) is 0 Å². The first-order valence-electron chi connectivity index (χ1n) is 10.3. The smallest absolute Gasteiger partial charge is 0.254 e. The van der Waals surface area contributed by atoms with E-state index >= 15 is 0 Å². The van der Waals surface area contributed by atoms with Crippen molar-refractivity contribution in [2.45, 2.75) is 70.3 Å². The maximum Gasteiger partial charge on any atom is 0.254 e. The molecule has 26 heavy (non-hydrogen) atoms. The molecule has 0 radical (unpaired) electrons. The van der Waals surface area contributed by atoms with Crippen LogP contribution in [0.15, 0.2) is 11.4 Å². The van der Waals surface area contributed by atoms with Gasteiger partial charge >= 0.3 is 0 Å². The van der Waals surface area contributed by atoms with Crippen LogP contribution in [0.2, 0.25) is 0 Å². The predicted molar refractivity (Wildman–Crippen MR) is 105 cm³/mol. The predicted octanol–water partition coefficient (Wildman–Crippen LogP) is 4.27. The van der Waals surface area contributed by atoms with Crippen LogP contribution >= 0.6 is 11.3 Å². The van der Waals surface area contributed by atoms with E-state index in [2.05, 4.69) is 16.3 Å². The van der Waals surface area contributed by atoms with Crippen LogP contribution in [0.1, 0.15) is 79.4 Å². The summed E-state index contributed by atoms with van der Waals surface area (Å²) in [5.41, 5.74) is 0.894. The molecular formula is C21H30N2O2S. The third-order valence-corrected chi connectivity index (χ3v) is 7.81. The fourth-order valence-electron chi connectivity index (χ4n) is 5.20. The second-order valence-corrected chi connectivity index (χ2v) is 9.21. The third kappa shape index (κ3) is 3.55. The van der Waals surface area contributed by atoms with Crippen molar-refractivity contribution in [3.63, 3.8) is 0 Å². The van der Waals surface area contributed by atoms with E-state index in [4.69, 9.17) is 0 Å². The second kappa shape index (κ2) is 7.71. The maximum absolute atomic E-state index is 13.2. The topological polar surface area (TPSA) is 40.6 Å². The maximum atomic E-state index is 13.2. The number of amides is 2. The van der Waals surface area contributed by atoms with Gasteiger partial charge in [-0.25, -0.2) is 0 Å². The van der Waals surface area contributed by atoms with E-state index in [9.17, 15) is 9.59 Å². The zero-order chi connectivity index (χ0) is 18.1. The van der Waals surface area contributed by atoms with E-state index in [0.717, 1.165) is 50.4 Å². The van der Waals surface area contributed by atoms with Gasteiger partial charge in [-0.3, -0.25) is 9.59 Å². The molecule has 1 saturated carbocycles. The summed E-state index contributed by atoms with van der Waals surface area (Å²) in [7, 11) is 0. The molecule has 2 saturated heterocycles. The molecule has 2 amide bonds. The first-order valence-corrected chi connectivity index (χ1v) is 11.2. The van der Waals surface area contributed by atoms with Gasteiger partial charge in [0.05, 0.1) is 5.56 Å². The molecule has 0 unspecified atom stereocenters. The summed E-state index contributed by atoms with van der Waals surface area (Å²) in [5.74, 6) is 1.67. The van der Waals surface area contributed by atoms with E-state index in [1.165, 1.54) is 37.0 Å². The Hall–Kier alpha value is -1.36. The molecule has 3 fully saturated rings. The van der Waals surface area contributed by atoms with Crippen molar-refractivity contribution in [2.24, 2.45) is 5.92 Å². The number of rotatable bonds is 2. The Bertz CT molecular complexity index is 661. The standard InChI is InChI=1S/C21H30N2O2S/c1-15(24)22-11-8-17(9-12-22)20-13-18(14-26-20)21(25)23-10-4-6-16-5-2-3-7-19(16)23/h13-14,16-17,19H,2-12H2,1H3/t16-,19-/m1/s1. The molecule has 2 aliphatic heterocycles. The molecule has 0 bridgehead atoms. The minimum absolute atomic E-state index is 0.178. The van der Waals surface area contributed by atoms with Gasteiger partial charge in [-0.2, -0.15) is 0 Å². The normalized spacial score (nSPS) is 27.3. The van der Waals surface area contributed by atoms with Gasteiger partial charge in [0.1, 0.15) is 0 Å². The van der Waals surface area contributed by atoms with E-state index in [1.807, 2.05) is 4.90 Å². The first kappa shape index (κ1) is 18.0. The molecule has 3 aliphatic rings. The van der Waals surface area contributed by atoms with Gasteiger partial charge in [-0.05, 0) is 56.4 Å². The first-order chi connectivity index (χ1) is 12.6. The molecular weight excluding hydrogens is 344 g/mol. The average Bonchev–Trinajstić information content (AvgIpc) is 3.17. The molecule has 0 N–H and O–H groups in total. The molecule has 2 atom stereocenters. The number of likely N-dealkylation sites (tertiary alicyclic amines) is 2. The Kier molecular flexibility index (Phi) is 5.35. The average molecular weight is 375 g/mol. The molecule has 5 heteroatoms. The van der Waals surface area contributed by atoms with E-state index in [0.29, 0.717) is 12.0 Å². The highest BCUT2D eigenvalue weighted by Crippen LogP contribution is 2.37. The van der Waals surface area contributed by atoms with Crippen LogP contribution in [0.3, 0.4) is 0 Å². The number of piperidine rings is 2. The lowest BCUT2D eigenvalue weighted by Gasteiger charge is -2.44. The van der Waals surface area contributed by atoms with Crippen LogP contribution in [-0.4, -0.2) is 47.3 Å². The summed E-state index contributed by atoms with van der Waals surface area (Å²) in [6.45, 7) is 4.27. The minimum Gasteiger partial charge on any atom is -0.343 e. The molecule has 0 aromatic carbocycles. The summed E-state index contributed by atoms with van der Waals surface area (Å²) in [4.78, 5) is 30.1. The second-order valence-electron chi connectivity index (χ2n) is 8.27. The van der Waals surface area contributed by atoms with Crippen LogP contribution in [0.5, 0.6) is 0 Å². The number of hydrogen-bond acceptors (Lipinski definition) is 3. The Balaban J connectivity index is 1.42. The monoisotopic (exact) mass is 374 g/mol. The highest BCUT2D eigenvalue weighted by atomic mass is 32.1. The molecule has 1 aromatic heterocycles. The number of thiophene rings is 1. The van der Waals surface area contributed by atoms with Crippen molar-refractivity contribution in [3.8, 4) is 0 Å². The van der Waals surface area contributed by atoms with Crippen LogP contribution in [0, 0.1) is 5.92 Å². The zero-order valence-corrected chi connectivity index (χ0v) is 16.6. The van der Waals surface area contributed by atoms with Gasteiger partial charge in [0.25, 0.3) is 5.91 Å². The molecule has 142 valence electrons. The van der Waals surface area contributed by atoms with Gasteiger partial charge in [0.2, 0.25) is 5.91 Å². The van der Waals surface area contributed by atoms with Gasteiger partial charge in [-0.15, -0.1) is 11.3 Å². The van der Waals surface area contributed by atoms with Crippen LogP contribution in [0.4, 0.5) is 0 Å². The summed E-state index contributed by atoms with van der Waals surface area (Å²) < 4.78 is 0. The van der Waals surface area contributed by atoms with Crippen molar-refractivity contribution >= 4 is 23.2 Å². The summed E-state index contributed by atoms with van der Waals surface area (Å²) >= 11 is 1.74. The fourth-order valence-corrected chi connectivity index (χ4v) is 6.26. The molecule has 4 nitrogen and oxygen atoms in total. The number of hydrogen-bond donors (Lipinski definition) is 0. The van der Waals surface area contributed by atoms with Crippen molar-refractivity contribution in [3.05, 3.63) is 21.9 Å². The van der Waals surface area contributed by atoms with Crippen LogP contribution < -0.4 is 0 Å². The van der Waals surface area contributed by atoms with Crippen molar-refractivity contribution in [1.82, 2.24) is 9.80 Å². The molecule has 1 aliphatic carbocycles. The Labute approximate surface area is 160 Å². The lowest BCUT2D eigenvalue weighted by atomic mass is 9.78. The quantitative estimate of drug-likeness (QED) is 0.776. The SMILES string of the molecule is CC(=O)N1CCC(c2cc(C(=O)N3CCC[C@H]4CCCC[C@H]43)cs2)CC1. The van der Waals surface area contributed by atoms with Crippen molar-refractivity contribution in [2.75, 3.05) is 19.6 Å². The minimum atomic E-state index is 0.178. The van der Waals surface area contributed by atoms with Gasteiger partial charge in [-0.1, -0.05) is 12.8 Å². The number of fused-ring (bicyclic) bond motifs is 1. The van der Waals surface area contributed by atoms with Crippen molar-refractivity contribution < 1.29 is 9.59 Å². The largest absolute Gasteiger partial charge is 0.343 e. The Morgan fingerprint density at radius 3 is 2.50 bits per heavy atom. The van der Waals surface area contributed by atoms with E-state index in [-0.39, 0.29) is 11.8 Å². The zero-order valence-electron chi connectivity index (χ0n) is 15.8. The Morgan fingerprint density at radius 1 is 1.00 bits per heavy atom. The highest BCUT2D eigenvalue weighted by molar-refractivity contribution is 7.10. The summed E-state index contributed by atoms with van der Waals surface area (Å²) in [6, 6.07) is 2.63. The highest BCUT2D eigenvalue weighted by Gasteiger charge is 2.36. The lowest BCUT2D eigenvalue weighted by Crippen LogP contribution is -2.49. The summed E-state index contributed by atoms with van der Waals surface area (Å²) in [6.07, 6.45) is 9.60. The Morgan fingerprint density at radius 2 is 1.73 bits per heavy atom. The molecule has 1 aromatic rings. The molecule has 4 rings (SSSR count). The number of carbonyl (C=O) groups is 2. The van der Waals surface area contributed by atoms with Gasteiger partial charge < -0.3 is 9.80 Å².